The summed E-state index contributed by atoms with van der Waals surface area (Å²) in [5, 5.41) is 13.0. The predicted octanol–water partition coefficient (Wildman–Crippen LogP) is 4.72. The number of oxime groups is 1. The number of hydrogen-bond acceptors (Lipinski definition) is 5. The third kappa shape index (κ3) is 3.50. The van der Waals surface area contributed by atoms with Crippen LogP contribution in [0.3, 0.4) is 0 Å². The maximum absolute atomic E-state index is 12.8. The lowest BCUT2D eigenvalue weighted by atomic mass is 10.1. The summed E-state index contributed by atoms with van der Waals surface area (Å²) in [6, 6.07) is 23.7. The molecule has 0 fully saturated rings. The lowest BCUT2D eigenvalue weighted by Gasteiger charge is -2.09. The Morgan fingerprint density at radius 2 is 1.68 bits per heavy atom. The first-order chi connectivity index (χ1) is 13.8. The molecule has 5 nitrogen and oxygen atoms in total. The molecule has 0 unspecified atom stereocenters. The van der Waals surface area contributed by atoms with Crippen LogP contribution in [-0.4, -0.2) is 17.5 Å². The highest BCUT2D eigenvalue weighted by Crippen LogP contribution is 2.23. The van der Waals surface area contributed by atoms with E-state index >= 15 is 0 Å². The number of ether oxygens (including phenoxy) is 1. The Hall–Kier alpha value is -3.86. The molecule has 0 spiro atoms. The topological polar surface area (TPSA) is 72.0 Å². The SMILES string of the molecule is O=c1c(-c2ccccc2)coc2cc(OC/C(=N/O)c3ccccc3)ccc12. The fourth-order valence-electron chi connectivity index (χ4n) is 2.97. The minimum absolute atomic E-state index is 0.0817. The van der Waals surface area contributed by atoms with E-state index in [1.807, 2.05) is 60.7 Å². The molecule has 0 saturated carbocycles. The van der Waals surface area contributed by atoms with Crippen LogP contribution in [0.1, 0.15) is 5.56 Å². The van der Waals surface area contributed by atoms with E-state index in [9.17, 15) is 10.0 Å². The Labute approximate surface area is 161 Å². The van der Waals surface area contributed by atoms with Gasteiger partial charge in [-0.1, -0.05) is 65.8 Å². The first-order valence-corrected chi connectivity index (χ1v) is 8.76. The summed E-state index contributed by atoms with van der Waals surface area (Å²) in [4.78, 5) is 12.8. The molecule has 0 bridgehead atoms. The van der Waals surface area contributed by atoms with E-state index in [1.54, 1.807) is 18.2 Å². The van der Waals surface area contributed by atoms with Crippen LogP contribution in [0.25, 0.3) is 22.1 Å². The second-order valence-corrected chi connectivity index (χ2v) is 6.20. The summed E-state index contributed by atoms with van der Waals surface area (Å²) in [7, 11) is 0. The summed E-state index contributed by atoms with van der Waals surface area (Å²) in [5.41, 5.74) is 2.84. The van der Waals surface area contributed by atoms with E-state index in [1.165, 1.54) is 6.26 Å². The molecular weight excluding hydrogens is 354 g/mol. The highest BCUT2D eigenvalue weighted by Gasteiger charge is 2.11. The highest BCUT2D eigenvalue weighted by molar-refractivity contribution is 6.01. The van der Waals surface area contributed by atoms with Gasteiger partial charge >= 0.3 is 0 Å². The Bertz CT molecular complexity index is 1180. The van der Waals surface area contributed by atoms with Crippen LogP contribution in [0.5, 0.6) is 5.75 Å². The summed E-state index contributed by atoms with van der Waals surface area (Å²) < 4.78 is 11.4. The van der Waals surface area contributed by atoms with Crippen molar-refractivity contribution in [3.8, 4) is 16.9 Å². The van der Waals surface area contributed by atoms with Gasteiger partial charge in [-0.25, -0.2) is 0 Å². The Balaban J connectivity index is 1.60. The molecule has 138 valence electrons. The molecule has 0 atom stereocenters. The van der Waals surface area contributed by atoms with Gasteiger partial charge in [0, 0.05) is 11.6 Å². The molecule has 1 N–H and O–H groups in total. The van der Waals surface area contributed by atoms with Crippen LogP contribution < -0.4 is 10.2 Å². The lowest BCUT2D eigenvalue weighted by Crippen LogP contribution is -2.13. The van der Waals surface area contributed by atoms with Crippen LogP contribution in [0, 0.1) is 0 Å². The number of benzene rings is 3. The molecule has 1 aromatic heterocycles. The van der Waals surface area contributed by atoms with E-state index in [0.717, 1.165) is 11.1 Å². The van der Waals surface area contributed by atoms with Crippen molar-refractivity contribution in [1.29, 1.82) is 0 Å². The molecule has 0 radical (unpaired) electrons. The van der Waals surface area contributed by atoms with E-state index in [4.69, 9.17) is 9.15 Å². The number of fused-ring (bicyclic) bond motifs is 1. The van der Waals surface area contributed by atoms with Gasteiger partial charge < -0.3 is 14.4 Å². The molecule has 5 heteroatoms. The number of nitrogens with zero attached hydrogens (tertiary/aromatic N) is 1. The maximum Gasteiger partial charge on any atom is 0.200 e. The number of rotatable bonds is 5. The van der Waals surface area contributed by atoms with Crippen LogP contribution in [-0.2, 0) is 0 Å². The third-order valence-corrected chi connectivity index (χ3v) is 4.43. The molecule has 28 heavy (non-hydrogen) atoms. The van der Waals surface area contributed by atoms with Crippen molar-refractivity contribution >= 4 is 16.7 Å². The fourth-order valence-corrected chi connectivity index (χ4v) is 2.97. The van der Waals surface area contributed by atoms with E-state index in [2.05, 4.69) is 5.16 Å². The second-order valence-electron chi connectivity index (χ2n) is 6.20. The quantitative estimate of drug-likeness (QED) is 0.313. The Morgan fingerprint density at radius 1 is 0.964 bits per heavy atom. The molecule has 0 aliphatic rings. The average molecular weight is 371 g/mol. The molecule has 0 amide bonds. The van der Waals surface area contributed by atoms with E-state index in [0.29, 0.717) is 28.0 Å². The standard InChI is InChI=1S/C23H17NO4/c25-23-19-12-11-18(27-15-21(24-26)17-9-5-2-6-10-17)13-22(19)28-14-20(23)16-7-3-1-4-8-16/h1-14,26H,15H2/b24-21-. The summed E-state index contributed by atoms with van der Waals surface area (Å²) in [5.74, 6) is 0.514. The smallest absolute Gasteiger partial charge is 0.200 e. The van der Waals surface area contributed by atoms with Crippen LogP contribution in [0.2, 0.25) is 0 Å². The predicted molar refractivity (Wildman–Crippen MR) is 108 cm³/mol. The van der Waals surface area contributed by atoms with Crippen LogP contribution in [0.15, 0.2) is 99.5 Å². The zero-order valence-electron chi connectivity index (χ0n) is 14.9. The van der Waals surface area contributed by atoms with Gasteiger partial charge in [0.2, 0.25) is 0 Å². The van der Waals surface area contributed by atoms with Crippen molar-refractivity contribution in [1.82, 2.24) is 0 Å². The van der Waals surface area contributed by atoms with Crippen molar-refractivity contribution in [2.75, 3.05) is 6.61 Å². The van der Waals surface area contributed by atoms with Gasteiger partial charge in [0.05, 0.1) is 10.9 Å². The summed E-state index contributed by atoms with van der Waals surface area (Å²) >= 11 is 0. The molecular formula is C23H17NO4. The molecule has 0 aliphatic carbocycles. The van der Waals surface area contributed by atoms with Gasteiger partial charge in [-0.05, 0) is 17.7 Å². The minimum Gasteiger partial charge on any atom is -0.487 e. The van der Waals surface area contributed by atoms with E-state index < -0.39 is 0 Å². The van der Waals surface area contributed by atoms with E-state index in [-0.39, 0.29) is 12.0 Å². The molecule has 4 rings (SSSR count). The molecule has 4 aromatic rings. The normalized spacial score (nSPS) is 11.5. The van der Waals surface area contributed by atoms with Gasteiger partial charge in [-0.15, -0.1) is 0 Å². The van der Waals surface area contributed by atoms with Crippen molar-refractivity contribution in [3.05, 3.63) is 101 Å². The second kappa shape index (κ2) is 7.80. The van der Waals surface area contributed by atoms with Gasteiger partial charge in [0.25, 0.3) is 0 Å². The lowest BCUT2D eigenvalue weighted by molar-refractivity contribution is 0.308. The van der Waals surface area contributed by atoms with Crippen molar-refractivity contribution in [3.63, 3.8) is 0 Å². The minimum atomic E-state index is -0.0964. The van der Waals surface area contributed by atoms with Gasteiger partial charge in [0.15, 0.2) is 5.43 Å². The maximum atomic E-state index is 12.8. The Morgan fingerprint density at radius 3 is 2.39 bits per heavy atom. The first kappa shape index (κ1) is 17.5. The van der Waals surface area contributed by atoms with Crippen molar-refractivity contribution < 1.29 is 14.4 Å². The van der Waals surface area contributed by atoms with Crippen LogP contribution in [0.4, 0.5) is 0 Å². The first-order valence-electron chi connectivity index (χ1n) is 8.76. The van der Waals surface area contributed by atoms with Crippen molar-refractivity contribution in [2.24, 2.45) is 5.16 Å². The molecule has 1 heterocycles. The molecule has 0 aliphatic heterocycles. The third-order valence-electron chi connectivity index (χ3n) is 4.43. The van der Waals surface area contributed by atoms with Gasteiger partial charge in [-0.3, -0.25) is 4.79 Å². The zero-order valence-corrected chi connectivity index (χ0v) is 14.9. The van der Waals surface area contributed by atoms with Crippen molar-refractivity contribution in [2.45, 2.75) is 0 Å². The fraction of sp³-hybridized carbons (Fsp3) is 0.0435. The van der Waals surface area contributed by atoms with Gasteiger partial charge in [0.1, 0.15) is 29.9 Å². The largest absolute Gasteiger partial charge is 0.487 e. The Kier molecular flexibility index (Phi) is 4.89. The summed E-state index contributed by atoms with van der Waals surface area (Å²) in [6.07, 6.45) is 1.47. The summed E-state index contributed by atoms with van der Waals surface area (Å²) in [6.45, 7) is 0.0817. The highest BCUT2D eigenvalue weighted by atomic mass is 16.5. The van der Waals surface area contributed by atoms with Crippen LogP contribution >= 0.6 is 0 Å². The molecule has 0 saturated heterocycles. The average Bonchev–Trinajstić information content (AvgIpc) is 2.76. The zero-order chi connectivity index (χ0) is 19.3. The number of hydrogen-bond donors (Lipinski definition) is 1. The van der Waals surface area contributed by atoms with Gasteiger partial charge in [-0.2, -0.15) is 0 Å². The molecule has 3 aromatic carbocycles. The monoisotopic (exact) mass is 371 g/mol.